The van der Waals surface area contributed by atoms with E-state index >= 15 is 0 Å². The van der Waals surface area contributed by atoms with E-state index in [2.05, 4.69) is 41.7 Å². The van der Waals surface area contributed by atoms with Gasteiger partial charge in [-0.2, -0.15) is 5.26 Å². The smallest absolute Gasteiger partial charge is 0.237 e. The van der Waals surface area contributed by atoms with Crippen LogP contribution < -0.4 is 5.32 Å². The van der Waals surface area contributed by atoms with Gasteiger partial charge in [0.1, 0.15) is 6.07 Å². The minimum Gasteiger partial charge on any atom is -0.324 e. The summed E-state index contributed by atoms with van der Waals surface area (Å²) in [6, 6.07) is 9.10. The van der Waals surface area contributed by atoms with Crippen molar-refractivity contribution in [2.24, 2.45) is 5.92 Å². The number of carbonyl (C=O) groups is 1. The van der Waals surface area contributed by atoms with E-state index in [0.717, 1.165) is 23.1 Å². The number of hydrogen-bond acceptors (Lipinski definition) is 4. The van der Waals surface area contributed by atoms with E-state index in [1.54, 1.807) is 24.3 Å². The van der Waals surface area contributed by atoms with Gasteiger partial charge in [0.2, 0.25) is 5.91 Å². The van der Waals surface area contributed by atoms with Crippen LogP contribution in [0, 0.1) is 31.1 Å². The van der Waals surface area contributed by atoms with Gasteiger partial charge in [-0.15, -0.1) is 0 Å². The molecule has 25 heavy (non-hydrogen) atoms. The minimum atomic E-state index is -0.320. The van der Waals surface area contributed by atoms with Gasteiger partial charge in [0.15, 0.2) is 5.16 Å². The number of rotatable bonds is 6. The van der Waals surface area contributed by atoms with Crippen LogP contribution in [0.2, 0.25) is 0 Å². The van der Waals surface area contributed by atoms with Gasteiger partial charge in [-0.25, -0.2) is 4.98 Å². The molecule has 1 heterocycles. The van der Waals surface area contributed by atoms with Crippen LogP contribution in [-0.2, 0) is 11.3 Å². The molecule has 0 aliphatic rings. The van der Waals surface area contributed by atoms with E-state index in [4.69, 9.17) is 5.26 Å². The molecule has 0 radical (unpaired) electrons. The highest BCUT2D eigenvalue weighted by atomic mass is 32.2. The minimum absolute atomic E-state index is 0.137. The number of hydrogen-bond donors (Lipinski definition) is 1. The number of benzene rings is 1. The van der Waals surface area contributed by atoms with E-state index in [1.165, 1.54) is 11.8 Å². The van der Waals surface area contributed by atoms with Crippen molar-refractivity contribution in [2.75, 3.05) is 5.32 Å². The maximum atomic E-state index is 12.5. The number of anilines is 1. The molecule has 0 saturated heterocycles. The summed E-state index contributed by atoms with van der Waals surface area (Å²) in [4.78, 5) is 17.2. The molecule has 0 aliphatic carbocycles. The van der Waals surface area contributed by atoms with Crippen molar-refractivity contribution in [1.82, 2.24) is 9.55 Å². The molecule has 1 aromatic carbocycles. The predicted molar refractivity (Wildman–Crippen MR) is 102 cm³/mol. The average Bonchev–Trinajstić information content (AvgIpc) is 2.82. The topological polar surface area (TPSA) is 70.7 Å². The van der Waals surface area contributed by atoms with Crippen molar-refractivity contribution < 1.29 is 4.79 Å². The van der Waals surface area contributed by atoms with Gasteiger partial charge in [-0.1, -0.05) is 37.7 Å². The Labute approximate surface area is 153 Å². The molecule has 0 fully saturated rings. The third-order valence-electron chi connectivity index (χ3n) is 3.93. The number of aromatic nitrogens is 2. The third-order valence-corrected chi connectivity index (χ3v) is 5.02. The Morgan fingerprint density at radius 3 is 2.64 bits per heavy atom. The Kier molecular flexibility index (Phi) is 6.27. The molecule has 5 nitrogen and oxygen atoms in total. The average molecular weight is 356 g/mol. The predicted octanol–water partition coefficient (Wildman–Crippen LogP) is 4.15. The van der Waals surface area contributed by atoms with Crippen molar-refractivity contribution in [2.45, 2.75) is 51.6 Å². The highest BCUT2D eigenvalue weighted by Gasteiger charge is 2.20. The van der Waals surface area contributed by atoms with Gasteiger partial charge in [0.05, 0.1) is 22.2 Å². The first kappa shape index (κ1) is 19.1. The van der Waals surface area contributed by atoms with Crippen molar-refractivity contribution in [1.29, 1.82) is 5.26 Å². The molecule has 0 spiro atoms. The van der Waals surface area contributed by atoms with Crippen molar-refractivity contribution in [3.8, 4) is 6.07 Å². The molecule has 1 aromatic heterocycles. The molecule has 1 atom stereocenters. The van der Waals surface area contributed by atoms with Crippen LogP contribution in [0.4, 0.5) is 5.69 Å². The number of nitriles is 1. The lowest BCUT2D eigenvalue weighted by Gasteiger charge is -2.15. The van der Waals surface area contributed by atoms with Gasteiger partial charge in [-0.3, -0.25) is 4.79 Å². The largest absolute Gasteiger partial charge is 0.324 e. The van der Waals surface area contributed by atoms with E-state index < -0.39 is 0 Å². The number of carbonyl (C=O) groups excluding carboxylic acids is 1. The first-order valence-electron chi connectivity index (χ1n) is 8.33. The first-order chi connectivity index (χ1) is 11.8. The zero-order chi connectivity index (χ0) is 18.6. The molecule has 1 N–H and O–H groups in total. The summed E-state index contributed by atoms with van der Waals surface area (Å²) in [5.74, 6) is 0.361. The number of thioether (sulfide) groups is 1. The van der Waals surface area contributed by atoms with Crippen molar-refractivity contribution >= 4 is 23.4 Å². The lowest BCUT2D eigenvalue weighted by atomic mass is 10.2. The molecule has 6 heteroatoms. The normalized spacial score (nSPS) is 12.0. The fourth-order valence-electron chi connectivity index (χ4n) is 2.43. The van der Waals surface area contributed by atoms with Gasteiger partial charge >= 0.3 is 0 Å². The quantitative estimate of drug-likeness (QED) is 0.790. The van der Waals surface area contributed by atoms with E-state index in [1.807, 2.05) is 13.8 Å². The lowest BCUT2D eigenvalue weighted by molar-refractivity contribution is -0.115. The highest BCUT2D eigenvalue weighted by molar-refractivity contribution is 8.00. The molecular formula is C19H24N4OS. The molecule has 0 bridgehead atoms. The van der Waals surface area contributed by atoms with Crippen LogP contribution >= 0.6 is 11.8 Å². The van der Waals surface area contributed by atoms with E-state index in [-0.39, 0.29) is 11.2 Å². The summed E-state index contributed by atoms with van der Waals surface area (Å²) < 4.78 is 2.18. The summed E-state index contributed by atoms with van der Waals surface area (Å²) in [5, 5.41) is 12.5. The number of amides is 1. The molecule has 132 valence electrons. The van der Waals surface area contributed by atoms with Crippen LogP contribution in [0.5, 0.6) is 0 Å². The molecule has 2 rings (SSSR count). The third kappa shape index (κ3) is 4.64. The lowest BCUT2D eigenvalue weighted by Crippen LogP contribution is -2.23. The summed E-state index contributed by atoms with van der Waals surface area (Å²) in [6.07, 6.45) is 0. The Bertz CT molecular complexity index is 804. The molecule has 0 aliphatic heterocycles. The van der Waals surface area contributed by atoms with Crippen LogP contribution in [0.3, 0.4) is 0 Å². The Hall–Kier alpha value is -2.26. The summed E-state index contributed by atoms with van der Waals surface area (Å²) in [7, 11) is 0. The molecule has 1 amide bonds. The molecule has 2 aromatic rings. The summed E-state index contributed by atoms with van der Waals surface area (Å²) >= 11 is 1.44. The number of imidazole rings is 1. The zero-order valence-electron chi connectivity index (χ0n) is 15.3. The fraction of sp³-hybridized carbons (Fsp3) is 0.421. The second-order valence-corrected chi connectivity index (χ2v) is 7.78. The number of nitrogens with zero attached hydrogens (tertiary/aromatic N) is 3. The SMILES string of the molecule is Cc1nc(SC(C)C(=O)Nc2ccccc2C#N)n(CC(C)C)c1C. The summed E-state index contributed by atoms with van der Waals surface area (Å²) in [6.45, 7) is 11.1. The monoisotopic (exact) mass is 356 g/mol. The van der Waals surface area contributed by atoms with E-state index in [9.17, 15) is 4.79 Å². The Morgan fingerprint density at radius 1 is 1.32 bits per heavy atom. The molecular weight excluding hydrogens is 332 g/mol. The van der Waals surface area contributed by atoms with Crippen LogP contribution in [0.15, 0.2) is 29.4 Å². The van der Waals surface area contributed by atoms with E-state index in [0.29, 0.717) is 17.2 Å². The van der Waals surface area contributed by atoms with Crippen LogP contribution in [-0.4, -0.2) is 20.7 Å². The Balaban J connectivity index is 2.14. The van der Waals surface area contributed by atoms with Gasteiger partial charge in [0, 0.05) is 12.2 Å². The van der Waals surface area contributed by atoms with Crippen molar-refractivity contribution in [3.63, 3.8) is 0 Å². The summed E-state index contributed by atoms with van der Waals surface area (Å²) in [5.41, 5.74) is 3.13. The van der Waals surface area contributed by atoms with Crippen LogP contribution in [0.1, 0.15) is 37.7 Å². The van der Waals surface area contributed by atoms with Gasteiger partial charge < -0.3 is 9.88 Å². The van der Waals surface area contributed by atoms with Gasteiger partial charge in [-0.05, 0) is 38.8 Å². The maximum absolute atomic E-state index is 12.5. The number of para-hydroxylation sites is 1. The second-order valence-electron chi connectivity index (χ2n) is 6.48. The fourth-order valence-corrected chi connectivity index (χ4v) is 3.44. The zero-order valence-corrected chi connectivity index (χ0v) is 16.1. The van der Waals surface area contributed by atoms with Gasteiger partial charge in [0.25, 0.3) is 0 Å². The highest BCUT2D eigenvalue weighted by Crippen LogP contribution is 2.27. The molecule has 1 unspecified atom stereocenters. The van der Waals surface area contributed by atoms with Crippen LogP contribution in [0.25, 0.3) is 0 Å². The second kappa shape index (κ2) is 8.21. The number of nitrogens with one attached hydrogen (secondary N) is 1. The van der Waals surface area contributed by atoms with Crippen molar-refractivity contribution in [3.05, 3.63) is 41.2 Å². The Morgan fingerprint density at radius 2 is 2.00 bits per heavy atom. The maximum Gasteiger partial charge on any atom is 0.237 e. The first-order valence-corrected chi connectivity index (χ1v) is 9.21. The molecule has 0 saturated carbocycles. The number of aryl methyl sites for hydroxylation is 1. The standard InChI is InChI=1S/C19H24N4OS/c1-12(2)11-23-14(4)13(3)21-19(23)25-15(5)18(24)22-17-9-7-6-8-16(17)10-20/h6-9,12,15H,11H2,1-5H3,(H,22,24).